The summed E-state index contributed by atoms with van der Waals surface area (Å²) >= 11 is 0. The number of sulfonamides is 1. The Hall–Kier alpha value is -0.910. The molecule has 0 bridgehead atoms. The minimum Gasteiger partial charge on any atom is -0.328 e. The topological polar surface area (TPSA) is 63.4 Å². The van der Waals surface area contributed by atoms with E-state index < -0.39 is 10.0 Å². The van der Waals surface area contributed by atoms with Crippen LogP contribution >= 0.6 is 0 Å². The number of hydrogen-bond donors (Lipinski definition) is 1. The van der Waals surface area contributed by atoms with Crippen LogP contribution in [0.2, 0.25) is 0 Å². The van der Waals surface area contributed by atoms with Gasteiger partial charge in [-0.1, -0.05) is 17.7 Å². The molecule has 2 N–H and O–H groups in total. The summed E-state index contributed by atoms with van der Waals surface area (Å²) in [6, 6.07) is 7.11. The first-order valence-electron chi connectivity index (χ1n) is 5.82. The van der Waals surface area contributed by atoms with Crippen LogP contribution < -0.4 is 5.73 Å². The lowest BCUT2D eigenvalue weighted by Crippen LogP contribution is -2.42. The normalized spacial score (nSPS) is 19.4. The van der Waals surface area contributed by atoms with Crippen molar-refractivity contribution in [1.82, 2.24) is 4.31 Å². The molecule has 0 aliphatic carbocycles. The van der Waals surface area contributed by atoms with Crippen LogP contribution in [0.25, 0.3) is 0 Å². The van der Waals surface area contributed by atoms with E-state index in [1.807, 2.05) is 19.1 Å². The molecule has 1 fully saturated rings. The van der Waals surface area contributed by atoms with Crippen LogP contribution in [0.4, 0.5) is 0 Å². The zero-order valence-corrected chi connectivity index (χ0v) is 10.8. The number of benzene rings is 1. The average molecular weight is 254 g/mol. The highest BCUT2D eigenvalue weighted by Gasteiger charge is 2.27. The molecule has 1 aliphatic heterocycles. The minimum absolute atomic E-state index is 0.138. The third kappa shape index (κ3) is 2.68. The molecule has 94 valence electrons. The Labute approximate surface area is 102 Å². The number of aryl methyl sites for hydroxylation is 1. The smallest absolute Gasteiger partial charge is 0.243 e. The van der Waals surface area contributed by atoms with Gasteiger partial charge in [-0.3, -0.25) is 0 Å². The zero-order chi connectivity index (χ0) is 12.5. The van der Waals surface area contributed by atoms with Crippen LogP contribution in [0, 0.1) is 6.92 Å². The van der Waals surface area contributed by atoms with Gasteiger partial charge in [0.05, 0.1) is 4.90 Å². The van der Waals surface area contributed by atoms with Crippen molar-refractivity contribution >= 4 is 10.0 Å². The van der Waals surface area contributed by atoms with E-state index in [0.29, 0.717) is 18.0 Å². The number of rotatable bonds is 2. The lowest BCUT2D eigenvalue weighted by atomic mass is 10.1. The van der Waals surface area contributed by atoms with Crippen molar-refractivity contribution in [2.45, 2.75) is 30.7 Å². The van der Waals surface area contributed by atoms with Crippen LogP contribution in [0.15, 0.2) is 29.2 Å². The van der Waals surface area contributed by atoms with Gasteiger partial charge in [-0.25, -0.2) is 8.42 Å². The van der Waals surface area contributed by atoms with Gasteiger partial charge in [-0.05, 0) is 31.9 Å². The van der Waals surface area contributed by atoms with Gasteiger partial charge in [0.2, 0.25) is 10.0 Å². The van der Waals surface area contributed by atoms with Gasteiger partial charge < -0.3 is 5.73 Å². The zero-order valence-electron chi connectivity index (χ0n) is 9.96. The van der Waals surface area contributed by atoms with Crippen LogP contribution in [0.5, 0.6) is 0 Å². The predicted molar refractivity (Wildman–Crippen MR) is 67.1 cm³/mol. The molecule has 1 heterocycles. The van der Waals surface area contributed by atoms with E-state index in [2.05, 4.69) is 0 Å². The Morgan fingerprint density at radius 2 is 1.71 bits per heavy atom. The van der Waals surface area contributed by atoms with Gasteiger partial charge in [0.15, 0.2) is 0 Å². The molecular formula is C12H18N2O2S. The lowest BCUT2D eigenvalue weighted by Gasteiger charge is -2.29. The maximum absolute atomic E-state index is 12.3. The molecule has 0 spiro atoms. The fourth-order valence-corrected chi connectivity index (χ4v) is 3.45. The third-order valence-electron chi connectivity index (χ3n) is 3.16. The minimum atomic E-state index is -3.32. The summed E-state index contributed by atoms with van der Waals surface area (Å²) < 4.78 is 26.1. The molecule has 4 nitrogen and oxygen atoms in total. The van der Waals surface area contributed by atoms with Gasteiger partial charge in [-0.2, -0.15) is 4.31 Å². The summed E-state index contributed by atoms with van der Waals surface area (Å²) in [5.41, 5.74) is 6.84. The van der Waals surface area contributed by atoms with E-state index in [0.717, 1.165) is 18.4 Å². The van der Waals surface area contributed by atoms with Crippen LogP contribution in [-0.2, 0) is 10.0 Å². The number of hydrogen-bond acceptors (Lipinski definition) is 3. The molecule has 1 aliphatic rings. The van der Waals surface area contributed by atoms with Crippen molar-refractivity contribution in [3.05, 3.63) is 29.8 Å². The molecule has 0 amide bonds. The van der Waals surface area contributed by atoms with E-state index in [-0.39, 0.29) is 6.04 Å². The molecule has 0 saturated carbocycles. The first-order chi connectivity index (χ1) is 8.00. The van der Waals surface area contributed by atoms with Crippen molar-refractivity contribution in [1.29, 1.82) is 0 Å². The maximum Gasteiger partial charge on any atom is 0.243 e. The third-order valence-corrected chi connectivity index (χ3v) is 5.07. The molecule has 1 aromatic carbocycles. The lowest BCUT2D eigenvalue weighted by molar-refractivity contribution is 0.320. The molecule has 17 heavy (non-hydrogen) atoms. The monoisotopic (exact) mass is 254 g/mol. The Morgan fingerprint density at radius 1 is 1.18 bits per heavy atom. The van der Waals surface area contributed by atoms with Gasteiger partial charge in [0, 0.05) is 19.1 Å². The highest BCUT2D eigenvalue weighted by atomic mass is 32.2. The summed E-state index contributed by atoms with van der Waals surface area (Å²) in [5, 5.41) is 0. The van der Waals surface area contributed by atoms with E-state index in [1.54, 1.807) is 12.1 Å². The summed E-state index contributed by atoms with van der Waals surface area (Å²) in [4.78, 5) is 0.374. The number of piperidine rings is 1. The molecule has 1 aromatic rings. The Kier molecular flexibility index (Phi) is 3.51. The summed E-state index contributed by atoms with van der Waals surface area (Å²) in [6.07, 6.45) is 1.48. The largest absolute Gasteiger partial charge is 0.328 e. The maximum atomic E-state index is 12.3. The summed E-state index contributed by atoms with van der Waals surface area (Å²) in [5.74, 6) is 0. The van der Waals surface area contributed by atoms with Gasteiger partial charge >= 0.3 is 0 Å². The van der Waals surface area contributed by atoms with Gasteiger partial charge in [0.1, 0.15) is 0 Å². The van der Waals surface area contributed by atoms with E-state index in [9.17, 15) is 8.42 Å². The summed E-state index contributed by atoms with van der Waals surface area (Å²) in [7, 11) is -3.32. The number of nitrogens with zero attached hydrogens (tertiary/aromatic N) is 1. The highest BCUT2D eigenvalue weighted by molar-refractivity contribution is 7.89. The van der Waals surface area contributed by atoms with Crippen molar-refractivity contribution in [3.63, 3.8) is 0 Å². The van der Waals surface area contributed by atoms with Crippen LogP contribution in [0.3, 0.4) is 0 Å². The fraction of sp³-hybridized carbons (Fsp3) is 0.500. The number of nitrogens with two attached hydrogens (primary N) is 1. The van der Waals surface area contributed by atoms with Crippen molar-refractivity contribution in [3.8, 4) is 0 Å². The predicted octanol–water partition coefficient (Wildman–Crippen LogP) is 1.11. The second kappa shape index (κ2) is 4.76. The quantitative estimate of drug-likeness (QED) is 0.860. The molecule has 2 rings (SSSR count). The molecule has 0 atom stereocenters. The first-order valence-corrected chi connectivity index (χ1v) is 7.26. The molecule has 5 heteroatoms. The Morgan fingerprint density at radius 3 is 2.24 bits per heavy atom. The first kappa shape index (κ1) is 12.5. The van der Waals surface area contributed by atoms with E-state index >= 15 is 0 Å². The molecule has 0 unspecified atom stereocenters. The summed E-state index contributed by atoms with van der Waals surface area (Å²) in [6.45, 7) is 2.99. The second-order valence-corrected chi connectivity index (χ2v) is 6.49. The SMILES string of the molecule is Cc1ccc(S(=O)(=O)N2CCC(N)CC2)cc1. The van der Waals surface area contributed by atoms with E-state index in [1.165, 1.54) is 4.31 Å². The average Bonchev–Trinajstić information content (AvgIpc) is 2.30. The van der Waals surface area contributed by atoms with Crippen LogP contribution in [0.1, 0.15) is 18.4 Å². The van der Waals surface area contributed by atoms with Crippen molar-refractivity contribution in [2.24, 2.45) is 5.73 Å². The second-order valence-electron chi connectivity index (χ2n) is 4.55. The van der Waals surface area contributed by atoms with Crippen molar-refractivity contribution in [2.75, 3.05) is 13.1 Å². The molecule has 0 aromatic heterocycles. The molecule has 1 saturated heterocycles. The van der Waals surface area contributed by atoms with Crippen LogP contribution in [-0.4, -0.2) is 31.9 Å². The Balaban J connectivity index is 2.21. The van der Waals surface area contributed by atoms with Gasteiger partial charge in [-0.15, -0.1) is 0 Å². The molecule has 0 radical (unpaired) electrons. The highest BCUT2D eigenvalue weighted by Crippen LogP contribution is 2.20. The van der Waals surface area contributed by atoms with E-state index in [4.69, 9.17) is 5.73 Å². The standard InChI is InChI=1S/C12H18N2O2S/c1-10-2-4-12(5-3-10)17(15,16)14-8-6-11(13)7-9-14/h2-5,11H,6-9,13H2,1H3. The van der Waals surface area contributed by atoms with Crippen molar-refractivity contribution < 1.29 is 8.42 Å². The van der Waals surface area contributed by atoms with Gasteiger partial charge in [0.25, 0.3) is 0 Å². The fourth-order valence-electron chi connectivity index (χ4n) is 1.98. The Bertz CT molecular complexity index is 474. The molecular weight excluding hydrogens is 236 g/mol.